The summed E-state index contributed by atoms with van der Waals surface area (Å²) >= 11 is 12.5. The van der Waals surface area contributed by atoms with Crippen LogP contribution in [-0.2, 0) is 10.1 Å². The first-order valence-corrected chi connectivity index (χ1v) is 11.4. The summed E-state index contributed by atoms with van der Waals surface area (Å²) in [6.07, 6.45) is 1.49. The third-order valence-electron chi connectivity index (χ3n) is 4.48. The fourth-order valence-corrected chi connectivity index (χ4v) is 4.54. The van der Waals surface area contributed by atoms with Gasteiger partial charge in [0.1, 0.15) is 22.1 Å². The molecule has 0 aliphatic carbocycles. The minimum absolute atomic E-state index is 0.0260. The van der Waals surface area contributed by atoms with Crippen LogP contribution in [0.5, 0.6) is 5.75 Å². The molecule has 6 nitrogen and oxygen atoms in total. The lowest BCUT2D eigenvalue weighted by molar-refractivity contribution is 0.486. The van der Waals surface area contributed by atoms with Crippen molar-refractivity contribution in [3.8, 4) is 11.8 Å². The highest BCUT2D eigenvalue weighted by Crippen LogP contribution is 2.37. The molecular weight excluding hydrogens is 471 g/mol. The number of aromatic nitrogens is 1. The van der Waals surface area contributed by atoms with E-state index in [2.05, 4.69) is 4.98 Å². The predicted molar refractivity (Wildman–Crippen MR) is 123 cm³/mol. The molecule has 0 saturated carbocycles. The van der Waals surface area contributed by atoms with Crippen LogP contribution in [0.2, 0.25) is 10.0 Å². The second-order valence-electron chi connectivity index (χ2n) is 6.82. The maximum atomic E-state index is 12.6. The Balaban J connectivity index is 1.67. The van der Waals surface area contributed by atoms with E-state index < -0.39 is 10.1 Å². The van der Waals surface area contributed by atoms with Gasteiger partial charge in [-0.15, -0.1) is 0 Å². The summed E-state index contributed by atoms with van der Waals surface area (Å²) in [4.78, 5) is 4.28. The Morgan fingerprint density at radius 3 is 2.38 bits per heavy atom. The Labute approximate surface area is 194 Å². The van der Waals surface area contributed by atoms with Crippen molar-refractivity contribution in [3.05, 3.63) is 87.7 Å². The lowest BCUT2D eigenvalue weighted by atomic mass is 10.1. The lowest BCUT2D eigenvalue weighted by Gasteiger charge is -2.11. The quantitative estimate of drug-likeness (QED) is 0.244. The average molecular weight is 485 g/mol. The monoisotopic (exact) mass is 484 g/mol. The second kappa shape index (κ2) is 8.67. The molecule has 1 aromatic heterocycles. The van der Waals surface area contributed by atoms with Crippen LogP contribution >= 0.6 is 23.2 Å². The highest BCUT2D eigenvalue weighted by Gasteiger charge is 2.21. The lowest BCUT2D eigenvalue weighted by Crippen LogP contribution is -2.10. The number of hydrogen-bond acceptors (Lipinski definition) is 6. The van der Waals surface area contributed by atoms with E-state index in [1.165, 1.54) is 30.3 Å². The summed E-state index contributed by atoms with van der Waals surface area (Å²) in [7, 11) is -4.14. The van der Waals surface area contributed by atoms with E-state index in [4.69, 9.17) is 31.8 Å². The van der Waals surface area contributed by atoms with Gasteiger partial charge in [-0.05, 0) is 55.0 Å². The number of nitriles is 1. The van der Waals surface area contributed by atoms with Gasteiger partial charge in [0.25, 0.3) is 0 Å². The molecule has 0 aliphatic heterocycles. The Kier molecular flexibility index (Phi) is 5.94. The number of fused-ring (bicyclic) bond motifs is 1. The molecule has 0 aliphatic rings. The molecule has 1 heterocycles. The van der Waals surface area contributed by atoms with Crippen molar-refractivity contribution >= 4 is 56.1 Å². The van der Waals surface area contributed by atoms with Crippen molar-refractivity contribution in [2.24, 2.45) is 0 Å². The molecule has 0 unspecified atom stereocenters. The molecule has 0 spiro atoms. The van der Waals surface area contributed by atoms with Crippen LogP contribution in [0, 0.1) is 18.3 Å². The van der Waals surface area contributed by atoms with Crippen molar-refractivity contribution in [3.63, 3.8) is 0 Å². The van der Waals surface area contributed by atoms with Crippen molar-refractivity contribution in [2.45, 2.75) is 11.8 Å². The van der Waals surface area contributed by atoms with Crippen LogP contribution in [0.3, 0.4) is 0 Å². The third-order valence-corrected chi connectivity index (χ3v) is 6.28. The Bertz CT molecular complexity index is 1450. The first kappa shape index (κ1) is 21.9. The smallest absolute Gasteiger partial charge is 0.339 e. The van der Waals surface area contributed by atoms with Gasteiger partial charge in [-0.2, -0.15) is 13.7 Å². The molecule has 9 heteroatoms. The Morgan fingerprint density at radius 2 is 1.75 bits per heavy atom. The van der Waals surface area contributed by atoms with Crippen molar-refractivity contribution in [2.75, 3.05) is 0 Å². The molecule has 0 amide bonds. The number of aryl methyl sites for hydroxylation is 1. The van der Waals surface area contributed by atoms with Gasteiger partial charge in [0.2, 0.25) is 5.89 Å². The number of hydrogen-bond donors (Lipinski definition) is 0. The molecule has 4 rings (SSSR count). The number of nitrogens with zero attached hydrogens (tertiary/aromatic N) is 2. The van der Waals surface area contributed by atoms with Crippen LogP contribution in [0.15, 0.2) is 70.0 Å². The zero-order valence-corrected chi connectivity index (χ0v) is 18.9. The van der Waals surface area contributed by atoms with Crippen molar-refractivity contribution in [1.82, 2.24) is 4.98 Å². The first-order chi connectivity index (χ1) is 15.3. The SMILES string of the molecule is Cc1ccc(S(=O)(=O)Oc2c(Cl)cc(/C=C(\C#N)c3nc4ccccc4o3)cc2Cl)cc1. The summed E-state index contributed by atoms with van der Waals surface area (Å²) in [5.41, 5.74) is 2.66. The summed E-state index contributed by atoms with van der Waals surface area (Å²) in [5, 5.41) is 9.50. The van der Waals surface area contributed by atoms with Crippen LogP contribution in [0.1, 0.15) is 17.0 Å². The van der Waals surface area contributed by atoms with Crippen LogP contribution in [0.25, 0.3) is 22.7 Å². The second-order valence-corrected chi connectivity index (χ2v) is 9.18. The molecule has 4 aromatic rings. The topological polar surface area (TPSA) is 93.2 Å². The summed E-state index contributed by atoms with van der Waals surface area (Å²) in [6.45, 7) is 1.84. The predicted octanol–water partition coefficient (Wildman–Crippen LogP) is 6.27. The third kappa shape index (κ3) is 4.48. The molecule has 0 atom stereocenters. The summed E-state index contributed by atoms with van der Waals surface area (Å²) in [6, 6.07) is 18.2. The standard InChI is InChI=1S/C23H14Cl2N2O4S/c1-14-6-8-17(9-7-14)32(28,29)31-22-18(24)11-15(12-19(22)25)10-16(13-26)23-27-20-4-2-3-5-21(20)30-23/h2-12H,1H3/b16-10+. The van der Waals surface area contributed by atoms with Crippen LogP contribution < -0.4 is 4.18 Å². The fourth-order valence-electron chi connectivity index (χ4n) is 2.90. The number of allylic oxidation sites excluding steroid dienone is 1. The van der Waals surface area contributed by atoms with Gasteiger partial charge in [0.05, 0.1) is 10.0 Å². The number of oxazole rings is 1. The van der Waals surface area contributed by atoms with Crippen molar-refractivity contribution < 1.29 is 17.0 Å². The number of para-hydroxylation sites is 2. The van der Waals surface area contributed by atoms with Gasteiger partial charge in [-0.25, -0.2) is 4.98 Å². The summed E-state index contributed by atoms with van der Waals surface area (Å²) < 4.78 is 36.0. The van der Waals surface area contributed by atoms with Gasteiger partial charge in [-0.1, -0.05) is 53.0 Å². The largest absolute Gasteiger partial charge is 0.435 e. The maximum absolute atomic E-state index is 12.6. The first-order valence-electron chi connectivity index (χ1n) is 9.25. The van der Waals surface area contributed by atoms with E-state index >= 15 is 0 Å². The van der Waals surface area contributed by atoms with Crippen molar-refractivity contribution in [1.29, 1.82) is 5.26 Å². The molecule has 0 fully saturated rings. The number of halogens is 2. The van der Waals surface area contributed by atoms with Gasteiger partial charge in [0.15, 0.2) is 11.3 Å². The molecule has 0 saturated heterocycles. The van der Waals surface area contributed by atoms with Gasteiger partial charge < -0.3 is 8.60 Å². The normalized spacial score (nSPS) is 12.0. The van der Waals surface area contributed by atoms with E-state index in [9.17, 15) is 13.7 Å². The Hall–Kier alpha value is -3.31. The van der Waals surface area contributed by atoms with Crippen LogP contribution in [-0.4, -0.2) is 13.4 Å². The molecule has 160 valence electrons. The fraction of sp³-hybridized carbons (Fsp3) is 0.0435. The zero-order chi connectivity index (χ0) is 22.9. The minimum Gasteiger partial charge on any atom is -0.435 e. The maximum Gasteiger partial charge on any atom is 0.339 e. The highest BCUT2D eigenvalue weighted by atomic mass is 35.5. The van der Waals surface area contributed by atoms with Gasteiger partial charge >= 0.3 is 10.1 Å². The zero-order valence-electron chi connectivity index (χ0n) is 16.5. The number of benzene rings is 3. The van der Waals surface area contributed by atoms with Gasteiger partial charge in [0, 0.05) is 0 Å². The molecule has 3 aromatic carbocycles. The van der Waals surface area contributed by atoms with E-state index in [0.717, 1.165) is 5.56 Å². The van der Waals surface area contributed by atoms with Gasteiger partial charge in [-0.3, -0.25) is 0 Å². The molecule has 32 heavy (non-hydrogen) atoms. The molecular formula is C23H14Cl2N2O4S. The average Bonchev–Trinajstić information content (AvgIpc) is 3.19. The van der Waals surface area contributed by atoms with E-state index in [0.29, 0.717) is 16.7 Å². The molecule has 0 N–H and O–H groups in total. The van der Waals surface area contributed by atoms with E-state index in [1.807, 2.05) is 19.1 Å². The number of rotatable bonds is 5. The highest BCUT2D eigenvalue weighted by molar-refractivity contribution is 7.87. The Morgan fingerprint density at radius 1 is 1.09 bits per heavy atom. The molecule has 0 radical (unpaired) electrons. The van der Waals surface area contributed by atoms with E-state index in [1.54, 1.807) is 30.3 Å². The van der Waals surface area contributed by atoms with Crippen LogP contribution in [0.4, 0.5) is 0 Å². The van der Waals surface area contributed by atoms with E-state index in [-0.39, 0.29) is 32.2 Å². The molecule has 0 bridgehead atoms. The summed E-state index contributed by atoms with van der Waals surface area (Å²) in [5.74, 6) is -0.0605. The minimum atomic E-state index is -4.14.